The summed E-state index contributed by atoms with van der Waals surface area (Å²) in [5.41, 5.74) is 3.52. The lowest BCUT2D eigenvalue weighted by atomic mass is 10.2. The molecule has 0 aliphatic rings. The molecular weight excluding hydrogens is 372 g/mol. The highest BCUT2D eigenvalue weighted by Gasteiger charge is 2.18. The predicted octanol–water partition coefficient (Wildman–Crippen LogP) is 4.28. The van der Waals surface area contributed by atoms with Gasteiger partial charge in [-0.3, -0.25) is 9.59 Å². The van der Waals surface area contributed by atoms with Gasteiger partial charge in [0.25, 0.3) is 0 Å². The van der Waals surface area contributed by atoms with E-state index in [1.165, 1.54) is 11.3 Å². The number of carbonyl (C=O) groups excluding carboxylic acids is 2. The van der Waals surface area contributed by atoms with E-state index < -0.39 is 11.8 Å². The van der Waals surface area contributed by atoms with Crippen molar-refractivity contribution in [3.63, 3.8) is 0 Å². The number of amides is 2. The maximum Gasteiger partial charge on any atom is 0.315 e. The second-order valence-corrected chi connectivity index (χ2v) is 7.38. The zero-order valence-corrected chi connectivity index (χ0v) is 16.2. The monoisotopic (exact) mass is 390 g/mol. The summed E-state index contributed by atoms with van der Waals surface area (Å²) in [4.78, 5) is 24.6. The number of hydrogen-bond acceptors (Lipinski definition) is 4. The number of aromatic nitrogens is 2. The summed E-state index contributed by atoms with van der Waals surface area (Å²) in [5, 5.41) is 12.4. The van der Waals surface area contributed by atoms with Crippen molar-refractivity contribution < 1.29 is 9.59 Å². The molecule has 2 aromatic heterocycles. The van der Waals surface area contributed by atoms with Crippen LogP contribution in [0.1, 0.15) is 11.3 Å². The maximum absolute atomic E-state index is 12.3. The van der Waals surface area contributed by atoms with Gasteiger partial charge in [0.1, 0.15) is 0 Å². The number of fused-ring (bicyclic) bond motifs is 1. The van der Waals surface area contributed by atoms with Gasteiger partial charge in [-0.05, 0) is 32.0 Å². The van der Waals surface area contributed by atoms with Crippen molar-refractivity contribution in [1.82, 2.24) is 9.78 Å². The molecule has 0 radical (unpaired) electrons. The number of anilines is 2. The van der Waals surface area contributed by atoms with Crippen molar-refractivity contribution in [2.24, 2.45) is 0 Å². The number of rotatable bonds is 3. The van der Waals surface area contributed by atoms with E-state index in [4.69, 9.17) is 0 Å². The quantitative estimate of drug-likeness (QED) is 0.513. The topological polar surface area (TPSA) is 76.0 Å². The number of nitrogens with zero attached hydrogens (tertiary/aromatic N) is 2. The molecule has 140 valence electrons. The fourth-order valence-electron chi connectivity index (χ4n) is 2.91. The minimum absolute atomic E-state index is 0.327. The van der Waals surface area contributed by atoms with Crippen LogP contribution in [0.5, 0.6) is 0 Å². The molecule has 2 N–H and O–H groups in total. The first kappa shape index (κ1) is 17.9. The summed E-state index contributed by atoms with van der Waals surface area (Å²) < 4.78 is 2.77. The number of carbonyl (C=O) groups is 2. The van der Waals surface area contributed by atoms with Gasteiger partial charge in [0.15, 0.2) is 5.82 Å². The Bertz CT molecular complexity index is 1170. The van der Waals surface area contributed by atoms with Crippen LogP contribution in [-0.2, 0) is 9.59 Å². The Morgan fingerprint density at radius 3 is 2.46 bits per heavy atom. The second kappa shape index (κ2) is 7.28. The van der Waals surface area contributed by atoms with Crippen molar-refractivity contribution >= 4 is 44.7 Å². The largest absolute Gasteiger partial charge is 0.316 e. The van der Waals surface area contributed by atoms with Crippen molar-refractivity contribution in [2.45, 2.75) is 13.8 Å². The number of thiophene rings is 1. The van der Waals surface area contributed by atoms with E-state index in [9.17, 15) is 9.59 Å². The standard InChI is InChI=1S/C21H18N4O2S/c1-13-7-9-15(10-8-13)25-14(2)11-19(24-25)23-21(27)20(26)22-17-12-28-18-6-4-3-5-16(17)18/h3-12H,1-2H3,(H,22,26)(H,23,24,27). The second-order valence-electron chi connectivity index (χ2n) is 6.47. The zero-order chi connectivity index (χ0) is 19.7. The van der Waals surface area contributed by atoms with Crippen molar-refractivity contribution in [3.05, 3.63) is 71.2 Å². The number of benzene rings is 2. The predicted molar refractivity (Wildman–Crippen MR) is 112 cm³/mol. The van der Waals surface area contributed by atoms with E-state index in [2.05, 4.69) is 15.7 Å². The summed E-state index contributed by atoms with van der Waals surface area (Å²) >= 11 is 1.51. The highest BCUT2D eigenvalue weighted by atomic mass is 32.1. The van der Waals surface area contributed by atoms with Gasteiger partial charge in [0, 0.05) is 27.2 Å². The third-order valence-electron chi connectivity index (χ3n) is 4.34. The van der Waals surface area contributed by atoms with E-state index in [0.717, 1.165) is 27.0 Å². The Morgan fingerprint density at radius 2 is 1.68 bits per heavy atom. The molecule has 0 aliphatic heterocycles. The zero-order valence-electron chi connectivity index (χ0n) is 15.4. The smallest absolute Gasteiger partial charge is 0.315 e. The summed E-state index contributed by atoms with van der Waals surface area (Å²) in [6.45, 7) is 3.90. The van der Waals surface area contributed by atoms with Crippen molar-refractivity contribution in [1.29, 1.82) is 0 Å². The fraction of sp³-hybridized carbons (Fsp3) is 0.0952. The first-order chi connectivity index (χ1) is 13.5. The molecular formula is C21H18N4O2S. The summed E-state index contributed by atoms with van der Waals surface area (Å²) in [6.07, 6.45) is 0. The molecule has 28 heavy (non-hydrogen) atoms. The molecule has 0 aliphatic carbocycles. The molecule has 7 heteroatoms. The molecule has 0 saturated heterocycles. The summed E-state index contributed by atoms with van der Waals surface area (Å²) in [6, 6.07) is 17.3. The normalized spacial score (nSPS) is 10.8. The lowest BCUT2D eigenvalue weighted by molar-refractivity contribution is -0.133. The average molecular weight is 390 g/mol. The van der Waals surface area contributed by atoms with Gasteiger partial charge in [-0.25, -0.2) is 4.68 Å². The van der Waals surface area contributed by atoms with Crippen LogP contribution in [-0.4, -0.2) is 21.6 Å². The minimum atomic E-state index is -0.760. The molecule has 0 spiro atoms. The molecule has 0 bridgehead atoms. The first-order valence-corrected chi connectivity index (χ1v) is 9.61. The van der Waals surface area contributed by atoms with Crippen LogP contribution in [0.25, 0.3) is 15.8 Å². The van der Waals surface area contributed by atoms with Crippen LogP contribution in [0, 0.1) is 13.8 Å². The van der Waals surface area contributed by atoms with E-state index >= 15 is 0 Å². The van der Waals surface area contributed by atoms with Crippen molar-refractivity contribution in [2.75, 3.05) is 10.6 Å². The molecule has 4 rings (SSSR count). The SMILES string of the molecule is Cc1ccc(-n2nc(NC(=O)C(=O)Nc3csc4ccccc34)cc2C)cc1. The van der Waals surface area contributed by atoms with Crippen LogP contribution in [0.4, 0.5) is 11.5 Å². The minimum Gasteiger partial charge on any atom is -0.316 e. The Labute approximate surface area is 165 Å². The van der Waals surface area contributed by atoms with E-state index in [-0.39, 0.29) is 0 Å². The lowest BCUT2D eigenvalue weighted by Crippen LogP contribution is -2.29. The Hall–Kier alpha value is -3.45. The van der Waals surface area contributed by atoms with Gasteiger partial charge in [-0.1, -0.05) is 35.9 Å². The maximum atomic E-state index is 12.3. The third kappa shape index (κ3) is 3.52. The van der Waals surface area contributed by atoms with Crippen LogP contribution in [0.2, 0.25) is 0 Å². The molecule has 0 fully saturated rings. The molecule has 0 unspecified atom stereocenters. The van der Waals surface area contributed by atoms with Gasteiger partial charge in [-0.15, -0.1) is 16.4 Å². The highest BCUT2D eigenvalue weighted by Crippen LogP contribution is 2.29. The average Bonchev–Trinajstić information content (AvgIpc) is 3.26. The third-order valence-corrected chi connectivity index (χ3v) is 5.31. The molecule has 2 heterocycles. The van der Waals surface area contributed by atoms with Crippen LogP contribution in [0.3, 0.4) is 0 Å². The molecule has 0 atom stereocenters. The van der Waals surface area contributed by atoms with Crippen LogP contribution < -0.4 is 10.6 Å². The lowest BCUT2D eigenvalue weighted by Gasteiger charge is -2.05. The molecule has 6 nitrogen and oxygen atoms in total. The molecule has 0 saturated carbocycles. The molecule has 4 aromatic rings. The Morgan fingerprint density at radius 1 is 0.964 bits per heavy atom. The Kier molecular flexibility index (Phi) is 4.67. The first-order valence-electron chi connectivity index (χ1n) is 8.73. The number of nitrogens with one attached hydrogen (secondary N) is 2. The fourth-order valence-corrected chi connectivity index (χ4v) is 3.80. The van der Waals surface area contributed by atoms with E-state index in [0.29, 0.717) is 11.5 Å². The van der Waals surface area contributed by atoms with Gasteiger partial charge in [-0.2, -0.15) is 0 Å². The van der Waals surface area contributed by atoms with Gasteiger partial charge in [0.05, 0.1) is 11.4 Å². The van der Waals surface area contributed by atoms with Crippen LogP contribution in [0.15, 0.2) is 60.0 Å². The number of aryl methyl sites for hydroxylation is 2. The molecule has 2 amide bonds. The van der Waals surface area contributed by atoms with Gasteiger partial charge < -0.3 is 10.6 Å². The van der Waals surface area contributed by atoms with E-state index in [1.54, 1.807) is 10.7 Å². The summed E-state index contributed by atoms with van der Waals surface area (Å²) in [7, 11) is 0. The van der Waals surface area contributed by atoms with Gasteiger partial charge >= 0.3 is 11.8 Å². The molecule has 2 aromatic carbocycles. The van der Waals surface area contributed by atoms with Gasteiger partial charge in [0.2, 0.25) is 0 Å². The van der Waals surface area contributed by atoms with Crippen LogP contribution >= 0.6 is 11.3 Å². The highest BCUT2D eigenvalue weighted by molar-refractivity contribution is 7.17. The Balaban J connectivity index is 1.48. The number of hydrogen-bond donors (Lipinski definition) is 2. The van der Waals surface area contributed by atoms with Crippen molar-refractivity contribution in [3.8, 4) is 5.69 Å². The van der Waals surface area contributed by atoms with E-state index in [1.807, 2.05) is 67.8 Å². The summed E-state index contributed by atoms with van der Waals surface area (Å²) in [5.74, 6) is -1.16.